The molecule has 6 heteroatoms. The largest absolute Gasteiger partial charge is 0.493 e. The monoisotopic (exact) mass is 309 g/mol. The quantitative estimate of drug-likeness (QED) is 0.729. The molecule has 1 amide bonds. The number of rotatable bonds is 9. The summed E-state index contributed by atoms with van der Waals surface area (Å²) in [4.78, 5) is 22.5. The van der Waals surface area contributed by atoms with Crippen molar-refractivity contribution in [2.75, 3.05) is 13.2 Å². The smallest absolute Gasteiger partial charge is 0.326 e. The van der Waals surface area contributed by atoms with Crippen molar-refractivity contribution in [3.8, 4) is 11.5 Å². The van der Waals surface area contributed by atoms with Gasteiger partial charge in [-0.25, -0.2) is 4.79 Å². The lowest BCUT2D eigenvalue weighted by Crippen LogP contribution is -2.42. The fourth-order valence-corrected chi connectivity index (χ4v) is 1.64. The minimum atomic E-state index is -1.06. The Balaban J connectivity index is 2.48. The van der Waals surface area contributed by atoms with Crippen molar-refractivity contribution in [1.29, 1.82) is 0 Å². The average Bonchev–Trinajstić information content (AvgIpc) is 2.48. The summed E-state index contributed by atoms with van der Waals surface area (Å²) in [5.74, 6) is 0.0587. The van der Waals surface area contributed by atoms with Gasteiger partial charge in [-0.3, -0.25) is 4.79 Å². The van der Waals surface area contributed by atoms with Crippen LogP contribution in [0, 0.1) is 5.92 Å². The molecule has 2 N–H and O–H groups in total. The van der Waals surface area contributed by atoms with Crippen LogP contribution in [0.1, 0.15) is 27.2 Å². The van der Waals surface area contributed by atoms with Crippen molar-refractivity contribution in [1.82, 2.24) is 5.32 Å². The average molecular weight is 309 g/mol. The highest BCUT2D eigenvalue weighted by Crippen LogP contribution is 2.19. The molecule has 6 nitrogen and oxygen atoms in total. The molecule has 0 saturated heterocycles. The minimum Gasteiger partial charge on any atom is -0.493 e. The van der Waals surface area contributed by atoms with Gasteiger partial charge in [-0.15, -0.1) is 0 Å². The predicted molar refractivity (Wildman–Crippen MR) is 82.1 cm³/mol. The van der Waals surface area contributed by atoms with Crippen molar-refractivity contribution in [3.63, 3.8) is 0 Å². The van der Waals surface area contributed by atoms with E-state index < -0.39 is 17.9 Å². The summed E-state index contributed by atoms with van der Waals surface area (Å²) in [6.07, 6.45) is 0.319. The van der Waals surface area contributed by atoms with E-state index in [1.807, 2.05) is 6.07 Å². The van der Waals surface area contributed by atoms with Crippen LogP contribution in [0.25, 0.3) is 0 Å². The molecule has 0 heterocycles. The highest BCUT2D eigenvalue weighted by Gasteiger charge is 2.17. The second-order valence-corrected chi connectivity index (χ2v) is 5.33. The number of carboxylic acids is 1. The zero-order valence-electron chi connectivity index (χ0n) is 13.2. The van der Waals surface area contributed by atoms with E-state index in [4.69, 9.17) is 14.6 Å². The molecule has 0 spiro atoms. The Labute approximate surface area is 130 Å². The van der Waals surface area contributed by atoms with Gasteiger partial charge in [-0.2, -0.15) is 0 Å². The minimum absolute atomic E-state index is 0.239. The van der Waals surface area contributed by atoms with E-state index in [0.717, 1.165) is 0 Å². The van der Waals surface area contributed by atoms with Gasteiger partial charge in [0.15, 0.2) is 6.61 Å². The number of carbonyl (C=O) groups excluding carboxylic acids is 1. The van der Waals surface area contributed by atoms with Gasteiger partial charge in [0.2, 0.25) is 0 Å². The van der Waals surface area contributed by atoms with E-state index in [1.54, 1.807) is 25.1 Å². The number of ether oxygens (including phenoxy) is 2. The summed E-state index contributed by atoms with van der Waals surface area (Å²) in [5.41, 5.74) is 0. The lowest BCUT2D eigenvalue weighted by atomic mass is 10.2. The first-order valence-electron chi connectivity index (χ1n) is 7.30. The fourth-order valence-electron chi connectivity index (χ4n) is 1.64. The summed E-state index contributed by atoms with van der Waals surface area (Å²) in [6, 6.07) is 6.10. The van der Waals surface area contributed by atoms with Gasteiger partial charge < -0.3 is 19.9 Å². The summed E-state index contributed by atoms with van der Waals surface area (Å²) in [7, 11) is 0. The lowest BCUT2D eigenvalue weighted by Gasteiger charge is -2.13. The zero-order valence-corrected chi connectivity index (χ0v) is 13.2. The Hall–Kier alpha value is -2.24. The molecule has 22 heavy (non-hydrogen) atoms. The van der Waals surface area contributed by atoms with Crippen LogP contribution in [0.2, 0.25) is 0 Å². The summed E-state index contributed by atoms with van der Waals surface area (Å²) >= 11 is 0. The van der Waals surface area contributed by atoms with E-state index in [9.17, 15) is 9.59 Å². The van der Waals surface area contributed by atoms with Gasteiger partial charge in [0.05, 0.1) is 6.61 Å². The van der Waals surface area contributed by atoms with Crippen LogP contribution in [0.3, 0.4) is 0 Å². The fraction of sp³-hybridized carbons (Fsp3) is 0.500. The van der Waals surface area contributed by atoms with Gasteiger partial charge in [0, 0.05) is 6.07 Å². The maximum absolute atomic E-state index is 11.7. The van der Waals surface area contributed by atoms with E-state index in [-0.39, 0.29) is 6.61 Å². The normalized spacial score (nSPS) is 11.8. The number of nitrogens with one attached hydrogen (secondary N) is 1. The van der Waals surface area contributed by atoms with Crippen LogP contribution in [0.5, 0.6) is 11.5 Å². The number of hydrogen-bond acceptors (Lipinski definition) is 4. The standard InChI is InChI=1S/C16H23NO5/c1-4-14(16(19)20)17-15(18)10-22-13-7-5-6-12(8-13)21-9-11(2)3/h5-8,11,14H,4,9-10H2,1-3H3,(H,17,18)(H,19,20). The highest BCUT2D eigenvalue weighted by atomic mass is 16.5. The molecule has 1 unspecified atom stereocenters. The molecule has 122 valence electrons. The molecule has 1 aromatic carbocycles. The number of carboxylic acid groups (broad SMARTS) is 1. The van der Waals surface area contributed by atoms with E-state index >= 15 is 0 Å². The molecule has 1 atom stereocenters. The first kappa shape index (κ1) is 17.8. The first-order chi connectivity index (χ1) is 10.4. The van der Waals surface area contributed by atoms with Crippen molar-refractivity contribution in [2.45, 2.75) is 33.2 Å². The van der Waals surface area contributed by atoms with E-state index in [0.29, 0.717) is 30.4 Å². The molecule has 0 fully saturated rings. The zero-order chi connectivity index (χ0) is 16.5. The van der Waals surface area contributed by atoms with E-state index in [2.05, 4.69) is 19.2 Å². The van der Waals surface area contributed by atoms with Gasteiger partial charge in [-0.1, -0.05) is 26.8 Å². The second kappa shape index (κ2) is 8.92. The summed E-state index contributed by atoms with van der Waals surface area (Å²) in [5, 5.41) is 11.3. The van der Waals surface area contributed by atoms with E-state index in [1.165, 1.54) is 0 Å². The molecule has 0 aliphatic heterocycles. The van der Waals surface area contributed by atoms with Crippen molar-refractivity contribution < 1.29 is 24.2 Å². The van der Waals surface area contributed by atoms with Crippen molar-refractivity contribution in [2.24, 2.45) is 5.92 Å². The summed E-state index contributed by atoms with van der Waals surface area (Å²) in [6.45, 7) is 6.15. The van der Waals surface area contributed by atoms with Crippen LogP contribution < -0.4 is 14.8 Å². The summed E-state index contributed by atoms with van der Waals surface area (Å²) < 4.78 is 10.9. The van der Waals surface area contributed by atoms with Crippen LogP contribution in [-0.2, 0) is 9.59 Å². The molecule has 1 rings (SSSR count). The van der Waals surface area contributed by atoms with Crippen LogP contribution in [-0.4, -0.2) is 36.2 Å². The third-order valence-electron chi connectivity index (χ3n) is 2.80. The Kier molecular flexibility index (Phi) is 7.22. The van der Waals surface area contributed by atoms with Crippen LogP contribution in [0.15, 0.2) is 24.3 Å². The molecule has 0 saturated carbocycles. The SMILES string of the molecule is CCC(NC(=O)COc1cccc(OCC(C)C)c1)C(=O)O. The number of amides is 1. The first-order valence-corrected chi connectivity index (χ1v) is 7.30. The Bertz CT molecular complexity index is 501. The van der Waals surface area contributed by atoms with Crippen molar-refractivity contribution in [3.05, 3.63) is 24.3 Å². The third-order valence-corrected chi connectivity index (χ3v) is 2.80. The van der Waals surface area contributed by atoms with Gasteiger partial charge in [0.1, 0.15) is 17.5 Å². The van der Waals surface area contributed by atoms with Crippen molar-refractivity contribution >= 4 is 11.9 Å². The molecular weight excluding hydrogens is 286 g/mol. The molecule has 0 radical (unpaired) electrons. The Morgan fingerprint density at radius 2 is 1.86 bits per heavy atom. The van der Waals surface area contributed by atoms with Gasteiger partial charge in [-0.05, 0) is 24.5 Å². The topological polar surface area (TPSA) is 84.9 Å². The molecule has 0 aromatic heterocycles. The maximum atomic E-state index is 11.7. The molecule has 1 aromatic rings. The molecule has 0 aliphatic rings. The Morgan fingerprint density at radius 3 is 2.41 bits per heavy atom. The third kappa shape index (κ3) is 6.47. The predicted octanol–water partition coefficient (Wildman–Crippen LogP) is 2.08. The number of hydrogen-bond donors (Lipinski definition) is 2. The van der Waals surface area contributed by atoms with Crippen LogP contribution >= 0.6 is 0 Å². The number of aliphatic carboxylic acids is 1. The lowest BCUT2D eigenvalue weighted by molar-refractivity contribution is -0.142. The maximum Gasteiger partial charge on any atom is 0.326 e. The highest BCUT2D eigenvalue weighted by molar-refractivity contribution is 5.84. The second-order valence-electron chi connectivity index (χ2n) is 5.33. The molecular formula is C16H23NO5. The molecule has 0 bridgehead atoms. The van der Waals surface area contributed by atoms with Gasteiger partial charge in [0.25, 0.3) is 5.91 Å². The number of carbonyl (C=O) groups is 2. The number of benzene rings is 1. The van der Waals surface area contributed by atoms with Gasteiger partial charge >= 0.3 is 5.97 Å². The van der Waals surface area contributed by atoms with Crippen LogP contribution in [0.4, 0.5) is 0 Å². The Morgan fingerprint density at radius 1 is 1.23 bits per heavy atom. The molecule has 0 aliphatic carbocycles.